The van der Waals surface area contributed by atoms with Crippen molar-refractivity contribution in [3.63, 3.8) is 0 Å². The summed E-state index contributed by atoms with van der Waals surface area (Å²) in [7, 11) is 0. The van der Waals surface area contributed by atoms with Gasteiger partial charge < -0.3 is 10.5 Å². The van der Waals surface area contributed by atoms with Crippen molar-refractivity contribution in [2.75, 3.05) is 0 Å². The Bertz CT molecular complexity index is 393. The van der Waals surface area contributed by atoms with Gasteiger partial charge in [0, 0.05) is 6.04 Å². The number of nitrogens with zero attached hydrogens (tertiary/aromatic N) is 1. The van der Waals surface area contributed by atoms with Crippen LogP contribution in [0.15, 0.2) is 18.2 Å². The van der Waals surface area contributed by atoms with E-state index in [-0.39, 0.29) is 12.1 Å². The van der Waals surface area contributed by atoms with Gasteiger partial charge >= 0.3 is 0 Å². The molecule has 16 heavy (non-hydrogen) atoms. The fraction of sp³-hybridized carbons (Fsp3) is 0.462. The molecule has 0 aromatic heterocycles. The Labute approximate surface area is 96.8 Å². The lowest BCUT2D eigenvalue weighted by atomic mass is 10.1. The molecule has 0 fully saturated rings. The van der Waals surface area contributed by atoms with Crippen LogP contribution < -0.4 is 10.5 Å². The van der Waals surface area contributed by atoms with E-state index in [0.29, 0.717) is 6.42 Å². The monoisotopic (exact) mass is 218 g/mol. The number of rotatable bonds is 4. The molecule has 0 saturated heterocycles. The van der Waals surface area contributed by atoms with Crippen LogP contribution in [0.5, 0.6) is 5.75 Å². The molecule has 0 amide bonds. The molecule has 0 heterocycles. The highest BCUT2D eigenvalue weighted by molar-refractivity contribution is 5.37. The maximum absolute atomic E-state index is 8.83. The highest BCUT2D eigenvalue weighted by atomic mass is 16.5. The van der Waals surface area contributed by atoms with E-state index in [4.69, 9.17) is 15.7 Å². The van der Waals surface area contributed by atoms with E-state index in [1.807, 2.05) is 39.0 Å². The van der Waals surface area contributed by atoms with Crippen LogP contribution in [0, 0.1) is 18.3 Å². The summed E-state index contributed by atoms with van der Waals surface area (Å²) in [5.74, 6) is 0.762. The smallest absolute Gasteiger partial charge is 0.184 e. The zero-order valence-corrected chi connectivity index (χ0v) is 10.0. The summed E-state index contributed by atoms with van der Waals surface area (Å²) < 4.78 is 5.58. The number of hydrogen-bond donors (Lipinski definition) is 1. The summed E-state index contributed by atoms with van der Waals surface area (Å²) in [6, 6.07) is 7.97. The van der Waals surface area contributed by atoms with Crippen molar-refractivity contribution in [2.45, 2.75) is 39.3 Å². The summed E-state index contributed by atoms with van der Waals surface area (Å²) in [6.07, 6.45) is 0.310. The zero-order valence-electron chi connectivity index (χ0n) is 10.0. The molecule has 86 valence electrons. The van der Waals surface area contributed by atoms with Crippen molar-refractivity contribution in [1.29, 1.82) is 5.26 Å². The van der Waals surface area contributed by atoms with E-state index in [2.05, 4.69) is 6.07 Å². The summed E-state index contributed by atoms with van der Waals surface area (Å²) in [6.45, 7) is 5.84. The van der Waals surface area contributed by atoms with Crippen LogP contribution >= 0.6 is 0 Å². The van der Waals surface area contributed by atoms with Gasteiger partial charge in [-0.25, -0.2) is 0 Å². The molecule has 0 radical (unpaired) electrons. The first-order valence-corrected chi connectivity index (χ1v) is 5.50. The second-order valence-corrected chi connectivity index (χ2v) is 3.96. The van der Waals surface area contributed by atoms with Gasteiger partial charge in [-0.2, -0.15) is 5.26 Å². The molecule has 2 N–H and O–H groups in total. The molecular weight excluding hydrogens is 200 g/mol. The highest BCUT2D eigenvalue weighted by Gasteiger charge is 2.09. The maximum Gasteiger partial charge on any atom is 0.184 e. The largest absolute Gasteiger partial charge is 0.475 e. The highest BCUT2D eigenvalue weighted by Crippen LogP contribution is 2.23. The Kier molecular flexibility index (Phi) is 4.33. The van der Waals surface area contributed by atoms with Gasteiger partial charge in [0.2, 0.25) is 0 Å². The minimum absolute atomic E-state index is 0.0192. The van der Waals surface area contributed by atoms with Gasteiger partial charge in [0.1, 0.15) is 11.8 Å². The van der Waals surface area contributed by atoms with Crippen molar-refractivity contribution in [2.24, 2.45) is 5.73 Å². The lowest BCUT2D eigenvalue weighted by Gasteiger charge is -2.14. The molecule has 3 heteroatoms. The lowest BCUT2D eigenvalue weighted by Crippen LogP contribution is -2.13. The summed E-state index contributed by atoms with van der Waals surface area (Å²) in [4.78, 5) is 0. The van der Waals surface area contributed by atoms with Gasteiger partial charge in [-0.1, -0.05) is 19.1 Å². The minimum Gasteiger partial charge on any atom is -0.475 e. The average molecular weight is 218 g/mol. The average Bonchev–Trinajstić information content (AvgIpc) is 2.27. The van der Waals surface area contributed by atoms with Crippen LogP contribution in [0.4, 0.5) is 0 Å². The molecule has 1 unspecified atom stereocenters. The third-order valence-corrected chi connectivity index (χ3v) is 2.51. The van der Waals surface area contributed by atoms with E-state index in [0.717, 1.165) is 16.9 Å². The van der Waals surface area contributed by atoms with E-state index < -0.39 is 0 Å². The number of hydrogen-bond acceptors (Lipinski definition) is 3. The van der Waals surface area contributed by atoms with Crippen LogP contribution in [0.2, 0.25) is 0 Å². The molecule has 0 saturated carbocycles. The second-order valence-electron chi connectivity index (χ2n) is 3.96. The van der Waals surface area contributed by atoms with Crippen LogP contribution in [-0.2, 0) is 0 Å². The normalized spacial score (nSPS) is 13.9. The van der Waals surface area contributed by atoms with Gasteiger partial charge in [-0.15, -0.1) is 0 Å². The van der Waals surface area contributed by atoms with E-state index in [9.17, 15) is 0 Å². The predicted molar refractivity (Wildman–Crippen MR) is 64.1 cm³/mol. The molecule has 1 rings (SSSR count). The molecule has 0 bridgehead atoms. The van der Waals surface area contributed by atoms with Crippen molar-refractivity contribution in [3.8, 4) is 11.8 Å². The minimum atomic E-state index is -0.375. The van der Waals surface area contributed by atoms with Gasteiger partial charge in [-0.3, -0.25) is 0 Å². The molecule has 0 aliphatic carbocycles. The van der Waals surface area contributed by atoms with Gasteiger partial charge in [-0.05, 0) is 37.5 Å². The molecule has 3 nitrogen and oxygen atoms in total. The van der Waals surface area contributed by atoms with Gasteiger partial charge in [0.05, 0.1) is 0 Å². The molecular formula is C13H18N2O. The Morgan fingerprint density at radius 3 is 2.62 bits per heavy atom. The van der Waals surface area contributed by atoms with Crippen LogP contribution in [0.25, 0.3) is 0 Å². The Balaban J connectivity index is 2.87. The quantitative estimate of drug-likeness (QED) is 0.845. The number of benzene rings is 1. The van der Waals surface area contributed by atoms with E-state index >= 15 is 0 Å². The van der Waals surface area contributed by atoms with Crippen molar-refractivity contribution in [1.82, 2.24) is 0 Å². The zero-order chi connectivity index (χ0) is 12.1. The fourth-order valence-corrected chi connectivity index (χ4v) is 1.44. The molecule has 2 atom stereocenters. The molecule has 1 aromatic carbocycles. The second kappa shape index (κ2) is 5.53. The summed E-state index contributed by atoms with van der Waals surface area (Å²) in [5, 5.41) is 8.83. The standard InChI is InChI=1S/C13H18N2O/c1-4-12(8-14)16-13-6-5-11(10(3)15)7-9(13)2/h5-7,10,12H,4,15H2,1-3H3/t10-,12?/m1/s1. The Morgan fingerprint density at radius 2 is 2.19 bits per heavy atom. The maximum atomic E-state index is 8.83. The molecule has 0 aliphatic rings. The van der Waals surface area contributed by atoms with Gasteiger partial charge in [0.15, 0.2) is 6.10 Å². The number of aryl methyl sites for hydroxylation is 1. The van der Waals surface area contributed by atoms with Crippen molar-refractivity contribution < 1.29 is 4.74 Å². The van der Waals surface area contributed by atoms with E-state index in [1.165, 1.54) is 0 Å². The number of nitriles is 1. The SMILES string of the molecule is CCC(C#N)Oc1ccc([C@@H](C)N)cc1C. The third-order valence-electron chi connectivity index (χ3n) is 2.51. The number of nitrogens with two attached hydrogens (primary N) is 1. The Morgan fingerprint density at radius 1 is 1.50 bits per heavy atom. The van der Waals surface area contributed by atoms with Crippen LogP contribution in [0.3, 0.4) is 0 Å². The first-order valence-electron chi connectivity index (χ1n) is 5.50. The first kappa shape index (κ1) is 12.5. The predicted octanol–water partition coefficient (Wildman–Crippen LogP) is 2.70. The fourth-order valence-electron chi connectivity index (χ4n) is 1.44. The van der Waals surface area contributed by atoms with E-state index in [1.54, 1.807) is 0 Å². The molecule has 1 aromatic rings. The summed E-state index contributed by atoms with van der Waals surface area (Å²) >= 11 is 0. The Hall–Kier alpha value is -1.53. The molecule has 0 aliphatic heterocycles. The van der Waals surface area contributed by atoms with Gasteiger partial charge in [0.25, 0.3) is 0 Å². The first-order chi connectivity index (χ1) is 7.58. The van der Waals surface area contributed by atoms with Crippen molar-refractivity contribution in [3.05, 3.63) is 29.3 Å². The van der Waals surface area contributed by atoms with Crippen LogP contribution in [-0.4, -0.2) is 6.10 Å². The van der Waals surface area contributed by atoms with Crippen molar-refractivity contribution >= 4 is 0 Å². The topological polar surface area (TPSA) is 59.0 Å². The lowest BCUT2D eigenvalue weighted by molar-refractivity contribution is 0.250. The number of ether oxygens (including phenoxy) is 1. The molecule has 0 spiro atoms. The third kappa shape index (κ3) is 2.98. The summed E-state index contributed by atoms with van der Waals surface area (Å²) in [5.41, 5.74) is 7.89. The van der Waals surface area contributed by atoms with Crippen LogP contribution in [0.1, 0.15) is 37.4 Å².